The van der Waals surface area contributed by atoms with E-state index in [1.54, 1.807) is 13.2 Å². The third kappa shape index (κ3) is 3.35. The number of ether oxygens (including phenoxy) is 2. The first kappa shape index (κ1) is 14.1. The van der Waals surface area contributed by atoms with Gasteiger partial charge >= 0.3 is 0 Å². The molecule has 0 radical (unpaired) electrons. The number of hydrogen-bond donors (Lipinski definition) is 1. The fourth-order valence-corrected chi connectivity index (χ4v) is 1.89. The summed E-state index contributed by atoms with van der Waals surface area (Å²) < 4.78 is 11.1. The minimum Gasteiger partial charge on any atom is -0.496 e. The molecule has 2 aromatic carbocycles. The van der Waals surface area contributed by atoms with E-state index in [1.165, 1.54) is 0 Å². The Morgan fingerprint density at radius 3 is 2.60 bits per heavy atom. The number of hydrogen-bond acceptors (Lipinski definition) is 4. The maximum atomic E-state index is 5.82. The number of anilines is 2. The maximum Gasteiger partial charge on any atom is 0.127 e. The number of nitrogen functional groups attached to an aromatic ring is 1. The smallest absolute Gasteiger partial charge is 0.127 e. The number of nitrogens with zero attached hydrogens (tertiary/aromatic N) is 1. The molecule has 0 saturated carbocycles. The summed E-state index contributed by atoms with van der Waals surface area (Å²) in [5.41, 5.74) is 8.49. The standard InChI is InChI=1S/C16H20N2O2/c1-18(2)14-5-4-6-15(10-14)20-11-12-7-8-13(17)9-16(12)19-3/h4-10H,11,17H2,1-3H3. The summed E-state index contributed by atoms with van der Waals surface area (Å²) in [6.45, 7) is 0.445. The molecule has 0 bridgehead atoms. The second-order valence-electron chi connectivity index (χ2n) is 4.75. The van der Waals surface area contributed by atoms with Crippen LogP contribution >= 0.6 is 0 Å². The predicted molar refractivity (Wildman–Crippen MR) is 82.5 cm³/mol. The maximum absolute atomic E-state index is 5.82. The zero-order valence-corrected chi connectivity index (χ0v) is 12.1. The van der Waals surface area contributed by atoms with Gasteiger partial charge in [0.05, 0.1) is 7.11 Å². The van der Waals surface area contributed by atoms with Gasteiger partial charge in [0.1, 0.15) is 18.1 Å². The van der Waals surface area contributed by atoms with Crippen LogP contribution in [0.25, 0.3) is 0 Å². The monoisotopic (exact) mass is 272 g/mol. The Morgan fingerprint density at radius 2 is 1.90 bits per heavy atom. The average Bonchev–Trinajstić information content (AvgIpc) is 2.46. The van der Waals surface area contributed by atoms with E-state index in [9.17, 15) is 0 Å². The van der Waals surface area contributed by atoms with Crippen LogP contribution in [0.15, 0.2) is 42.5 Å². The SMILES string of the molecule is COc1cc(N)ccc1COc1cccc(N(C)C)c1. The van der Waals surface area contributed by atoms with Crippen LogP contribution in [-0.4, -0.2) is 21.2 Å². The lowest BCUT2D eigenvalue weighted by Gasteiger charge is -2.15. The van der Waals surface area contributed by atoms with Crippen LogP contribution in [0.4, 0.5) is 11.4 Å². The van der Waals surface area contributed by atoms with E-state index in [0.717, 1.165) is 22.7 Å². The van der Waals surface area contributed by atoms with Crippen LogP contribution in [0.5, 0.6) is 11.5 Å². The fourth-order valence-electron chi connectivity index (χ4n) is 1.89. The summed E-state index contributed by atoms with van der Waals surface area (Å²) in [5, 5.41) is 0. The molecule has 0 aliphatic heterocycles. The summed E-state index contributed by atoms with van der Waals surface area (Å²) in [7, 11) is 5.63. The third-order valence-electron chi connectivity index (χ3n) is 3.04. The summed E-state index contributed by atoms with van der Waals surface area (Å²) in [5.74, 6) is 1.57. The molecule has 0 amide bonds. The van der Waals surface area contributed by atoms with E-state index < -0.39 is 0 Å². The van der Waals surface area contributed by atoms with Crippen molar-refractivity contribution in [1.82, 2.24) is 0 Å². The molecule has 0 atom stereocenters. The van der Waals surface area contributed by atoms with Gasteiger partial charge in [-0.3, -0.25) is 0 Å². The van der Waals surface area contributed by atoms with Crippen LogP contribution in [0.2, 0.25) is 0 Å². The lowest BCUT2D eigenvalue weighted by molar-refractivity contribution is 0.297. The van der Waals surface area contributed by atoms with Crippen LogP contribution < -0.4 is 20.1 Å². The van der Waals surface area contributed by atoms with E-state index >= 15 is 0 Å². The van der Waals surface area contributed by atoms with E-state index in [2.05, 4.69) is 0 Å². The van der Waals surface area contributed by atoms with Gasteiger partial charge in [0, 0.05) is 43.2 Å². The number of methoxy groups -OCH3 is 1. The Morgan fingerprint density at radius 1 is 1.10 bits per heavy atom. The lowest BCUT2D eigenvalue weighted by Crippen LogP contribution is -2.08. The average molecular weight is 272 g/mol. The molecular formula is C16H20N2O2. The van der Waals surface area contributed by atoms with Crippen LogP contribution in [0, 0.1) is 0 Å². The van der Waals surface area contributed by atoms with Crippen molar-refractivity contribution in [3.8, 4) is 11.5 Å². The normalized spacial score (nSPS) is 10.2. The van der Waals surface area contributed by atoms with Crippen molar-refractivity contribution in [2.24, 2.45) is 0 Å². The summed E-state index contributed by atoms with van der Waals surface area (Å²) in [6.07, 6.45) is 0. The van der Waals surface area contributed by atoms with Crippen LogP contribution in [-0.2, 0) is 6.61 Å². The Kier molecular flexibility index (Phi) is 4.35. The Bertz CT molecular complexity index is 582. The summed E-state index contributed by atoms with van der Waals surface area (Å²) >= 11 is 0. The van der Waals surface area contributed by atoms with Crippen molar-refractivity contribution in [1.29, 1.82) is 0 Å². The summed E-state index contributed by atoms with van der Waals surface area (Å²) in [6, 6.07) is 13.5. The lowest BCUT2D eigenvalue weighted by atomic mass is 10.2. The Balaban J connectivity index is 2.10. The molecule has 0 aromatic heterocycles. The molecule has 2 N–H and O–H groups in total. The molecule has 2 aromatic rings. The zero-order valence-electron chi connectivity index (χ0n) is 12.1. The van der Waals surface area contributed by atoms with Crippen molar-refractivity contribution >= 4 is 11.4 Å². The highest BCUT2D eigenvalue weighted by atomic mass is 16.5. The van der Waals surface area contributed by atoms with Crippen molar-refractivity contribution in [2.75, 3.05) is 31.8 Å². The minimum atomic E-state index is 0.445. The summed E-state index contributed by atoms with van der Waals surface area (Å²) in [4.78, 5) is 2.04. The molecule has 20 heavy (non-hydrogen) atoms. The fraction of sp³-hybridized carbons (Fsp3) is 0.250. The molecular weight excluding hydrogens is 252 g/mol. The number of rotatable bonds is 5. The number of nitrogens with two attached hydrogens (primary N) is 1. The van der Waals surface area contributed by atoms with Gasteiger partial charge in [0.25, 0.3) is 0 Å². The number of benzene rings is 2. The molecule has 4 nitrogen and oxygen atoms in total. The second kappa shape index (κ2) is 6.19. The first-order chi connectivity index (χ1) is 9.60. The van der Waals surface area contributed by atoms with Gasteiger partial charge in [-0.05, 0) is 24.3 Å². The third-order valence-corrected chi connectivity index (χ3v) is 3.04. The largest absolute Gasteiger partial charge is 0.496 e. The van der Waals surface area contributed by atoms with Crippen molar-refractivity contribution in [2.45, 2.75) is 6.61 Å². The van der Waals surface area contributed by atoms with Gasteiger partial charge in [0.2, 0.25) is 0 Å². The Labute approximate surface area is 119 Å². The highest BCUT2D eigenvalue weighted by Gasteiger charge is 2.05. The molecule has 0 aliphatic rings. The first-order valence-electron chi connectivity index (χ1n) is 6.42. The molecule has 0 spiro atoms. The van der Waals surface area contributed by atoms with Gasteiger partial charge in [0.15, 0.2) is 0 Å². The molecule has 0 saturated heterocycles. The van der Waals surface area contributed by atoms with Gasteiger partial charge < -0.3 is 20.1 Å². The van der Waals surface area contributed by atoms with Crippen molar-refractivity contribution in [3.63, 3.8) is 0 Å². The second-order valence-corrected chi connectivity index (χ2v) is 4.75. The van der Waals surface area contributed by atoms with Crippen LogP contribution in [0.3, 0.4) is 0 Å². The molecule has 2 rings (SSSR count). The first-order valence-corrected chi connectivity index (χ1v) is 6.42. The van der Waals surface area contributed by atoms with Gasteiger partial charge in [-0.2, -0.15) is 0 Å². The molecule has 4 heteroatoms. The van der Waals surface area contributed by atoms with E-state index in [1.807, 2.05) is 55.4 Å². The van der Waals surface area contributed by atoms with Crippen molar-refractivity contribution in [3.05, 3.63) is 48.0 Å². The van der Waals surface area contributed by atoms with Gasteiger partial charge in [-0.25, -0.2) is 0 Å². The predicted octanol–water partition coefficient (Wildman–Crippen LogP) is 2.92. The molecule has 0 unspecified atom stereocenters. The Hall–Kier alpha value is -2.36. The highest BCUT2D eigenvalue weighted by molar-refractivity contribution is 5.50. The highest BCUT2D eigenvalue weighted by Crippen LogP contribution is 2.25. The van der Waals surface area contributed by atoms with Crippen LogP contribution in [0.1, 0.15) is 5.56 Å². The van der Waals surface area contributed by atoms with Gasteiger partial charge in [-0.1, -0.05) is 6.07 Å². The van der Waals surface area contributed by atoms with Gasteiger partial charge in [-0.15, -0.1) is 0 Å². The van der Waals surface area contributed by atoms with E-state index in [4.69, 9.17) is 15.2 Å². The minimum absolute atomic E-state index is 0.445. The van der Waals surface area contributed by atoms with Crippen molar-refractivity contribution < 1.29 is 9.47 Å². The van der Waals surface area contributed by atoms with E-state index in [-0.39, 0.29) is 0 Å². The molecule has 0 aliphatic carbocycles. The topological polar surface area (TPSA) is 47.7 Å². The van der Waals surface area contributed by atoms with E-state index in [0.29, 0.717) is 12.3 Å². The molecule has 0 fully saturated rings. The zero-order chi connectivity index (χ0) is 14.5. The quantitative estimate of drug-likeness (QED) is 0.850. The molecule has 106 valence electrons. The molecule has 0 heterocycles.